The first kappa shape index (κ1) is 17.8. The maximum atomic E-state index is 11.5. The summed E-state index contributed by atoms with van der Waals surface area (Å²) in [5, 5.41) is 8.86. The fraction of sp³-hybridized carbons (Fsp3) is 0.500. The summed E-state index contributed by atoms with van der Waals surface area (Å²) < 4.78 is 5.37. The van der Waals surface area contributed by atoms with Gasteiger partial charge in [0, 0.05) is 18.7 Å². The summed E-state index contributed by atoms with van der Waals surface area (Å²) in [6.07, 6.45) is 0. The molecule has 0 saturated carbocycles. The third-order valence-electron chi connectivity index (χ3n) is 2.98. The van der Waals surface area contributed by atoms with Gasteiger partial charge in [-0.15, -0.1) is 0 Å². The number of guanidine groups is 1. The Morgan fingerprint density at radius 1 is 1.18 bits per heavy atom. The van der Waals surface area contributed by atoms with E-state index >= 15 is 0 Å². The van der Waals surface area contributed by atoms with Gasteiger partial charge in [0.25, 0.3) is 0 Å². The van der Waals surface area contributed by atoms with Gasteiger partial charge in [0.1, 0.15) is 5.75 Å². The van der Waals surface area contributed by atoms with E-state index in [0.717, 1.165) is 23.4 Å². The van der Waals surface area contributed by atoms with Crippen LogP contribution in [0.2, 0.25) is 0 Å². The predicted octanol–water partition coefficient (Wildman–Crippen LogP) is 1.19. The van der Waals surface area contributed by atoms with Crippen molar-refractivity contribution in [1.82, 2.24) is 16.0 Å². The quantitative estimate of drug-likeness (QED) is 0.523. The Kier molecular flexibility index (Phi) is 7.81. The normalized spacial score (nSPS) is 11.0. The molecular formula is C16H26N4O2. The molecule has 6 heteroatoms. The zero-order valence-corrected chi connectivity index (χ0v) is 13.8. The highest BCUT2D eigenvalue weighted by atomic mass is 16.5. The molecule has 0 heterocycles. The Morgan fingerprint density at radius 2 is 1.91 bits per heavy atom. The Balaban J connectivity index is 2.71. The van der Waals surface area contributed by atoms with E-state index in [1.165, 1.54) is 0 Å². The van der Waals surface area contributed by atoms with Gasteiger partial charge < -0.3 is 20.7 Å². The SMILES string of the molecule is CCNC(=O)CNC(=NCc1ccc(C)cc1OC)NCC. The molecule has 0 aliphatic heterocycles. The van der Waals surface area contributed by atoms with E-state index in [0.29, 0.717) is 19.0 Å². The summed E-state index contributed by atoms with van der Waals surface area (Å²) in [7, 11) is 1.65. The molecule has 0 atom stereocenters. The Labute approximate surface area is 132 Å². The van der Waals surface area contributed by atoms with Crippen molar-refractivity contribution < 1.29 is 9.53 Å². The largest absolute Gasteiger partial charge is 0.496 e. The van der Waals surface area contributed by atoms with Crippen LogP contribution in [0.15, 0.2) is 23.2 Å². The molecule has 0 aliphatic carbocycles. The van der Waals surface area contributed by atoms with Gasteiger partial charge in [-0.2, -0.15) is 0 Å². The number of likely N-dealkylation sites (N-methyl/N-ethyl adjacent to an activating group) is 1. The van der Waals surface area contributed by atoms with Crippen molar-refractivity contribution in [3.63, 3.8) is 0 Å². The van der Waals surface area contributed by atoms with Gasteiger partial charge in [-0.1, -0.05) is 12.1 Å². The minimum absolute atomic E-state index is 0.0546. The van der Waals surface area contributed by atoms with Crippen LogP contribution < -0.4 is 20.7 Å². The van der Waals surface area contributed by atoms with Gasteiger partial charge >= 0.3 is 0 Å². The van der Waals surface area contributed by atoms with Crippen molar-refractivity contribution in [1.29, 1.82) is 0 Å². The van der Waals surface area contributed by atoms with Crippen LogP contribution in [0.5, 0.6) is 5.75 Å². The zero-order chi connectivity index (χ0) is 16.4. The topological polar surface area (TPSA) is 74.8 Å². The lowest BCUT2D eigenvalue weighted by Crippen LogP contribution is -2.43. The molecule has 0 aromatic heterocycles. The van der Waals surface area contributed by atoms with Crippen molar-refractivity contribution in [2.45, 2.75) is 27.3 Å². The van der Waals surface area contributed by atoms with E-state index in [2.05, 4.69) is 20.9 Å². The van der Waals surface area contributed by atoms with Crippen molar-refractivity contribution in [2.24, 2.45) is 4.99 Å². The van der Waals surface area contributed by atoms with E-state index in [1.54, 1.807) is 7.11 Å². The molecule has 0 spiro atoms. The van der Waals surface area contributed by atoms with Crippen molar-refractivity contribution >= 4 is 11.9 Å². The van der Waals surface area contributed by atoms with Crippen LogP contribution in [0.4, 0.5) is 0 Å². The molecule has 1 aromatic rings. The summed E-state index contributed by atoms with van der Waals surface area (Å²) >= 11 is 0. The molecular weight excluding hydrogens is 280 g/mol. The number of ether oxygens (including phenoxy) is 1. The number of carbonyl (C=O) groups is 1. The molecule has 0 aliphatic rings. The lowest BCUT2D eigenvalue weighted by molar-refractivity contribution is -0.119. The van der Waals surface area contributed by atoms with Gasteiger partial charge in [-0.3, -0.25) is 4.79 Å². The number of aryl methyl sites for hydroxylation is 1. The third kappa shape index (κ3) is 6.03. The van der Waals surface area contributed by atoms with Crippen molar-refractivity contribution in [3.8, 4) is 5.75 Å². The smallest absolute Gasteiger partial charge is 0.239 e. The molecule has 1 aromatic carbocycles. The van der Waals surface area contributed by atoms with Crippen LogP contribution in [0.1, 0.15) is 25.0 Å². The van der Waals surface area contributed by atoms with Crippen LogP contribution in [-0.4, -0.2) is 38.6 Å². The zero-order valence-electron chi connectivity index (χ0n) is 13.8. The molecule has 0 saturated heterocycles. The van der Waals surface area contributed by atoms with Crippen molar-refractivity contribution in [2.75, 3.05) is 26.7 Å². The first-order valence-electron chi connectivity index (χ1n) is 7.53. The number of aliphatic imine (C=N–C) groups is 1. The second-order valence-corrected chi connectivity index (χ2v) is 4.82. The van der Waals surface area contributed by atoms with Crippen LogP contribution in [0.25, 0.3) is 0 Å². The molecule has 1 rings (SSSR count). The second kappa shape index (κ2) is 9.65. The number of benzene rings is 1. The molecule has 122 valence electrons. The average molecular weight is 306 g/mol. The molecule has 1 amide bonds. The van der Waals surface area contributed by atoms with E-state index in [1.807, 2.05) is 39.0 Å². The van der Waals surface area contributed by atoms with E-state index in [9.17, 15) is 4.79 Å². The number of rotatable bonds is 7. The molecule has 0 fully saturated rings. The average Bonchev–Trinajstić information content (AvgIpc) is 2.51. The number of amides is 1. The highest BCUT2D eigenvalue weighted by molar-refractivity contribution is 5.86. The number of nitrogens with zero attached hydrogens (tertiary/aromatic N) is 1. The van der Waals surface area contributed by atoms with Gasteiger partial charge in [-0.05, 0) is 32.4 Å². The molecule has 3 N–H and O–H groups in total. The first-order valence-corrected chi connectivity index (χ1v) is 7.53. The van der Waals surface area contributed by atoms with E-state index < -0.39 is 0 Å². The summed E-state index contributed by atoms with van der Waals surface area (Å²) in [5.74, 6) is 1.38. The fourth-order valence-electron chi connectivity index (χ4n) is 1.91. The number of carbonyl (C=O) groups excluding carboxylic acids is 1. The Hall–Kier alpha value is -2.24. The minimum atomic E-state index is -0.0546. The lowest BCUT2D eigenvalue weighted by Gasteiger charge is -2.12. The number of nitrogens with one attached hydrogen (secondary N) is 3. The van der Waals surface area contributed by atoms with E-state index in [4.69, 9.17) is 4.74 Å². The first-order chi connectivity index (χ1) is 10.6. The molecule has 6 nitrogen and oxygen atoms in total. The highest BCUT2D eigenvalue weighted by Crippen LogP contribution is 2.20. The number of hydrogen-bond donors (Lipinski definition) is 3. The fourth-order valence-corrected chi connectivity index (χ4v) is 1.91. The predicted molar refractivity (Wildman–Crippen MR) is 89.2 cm³/mol. The maximum absolute atomic E-state index is 11.5. The highest BCUT2D eigenvalue weighted by Gasteiger charge is 2.05. The minimum Gasteiger partial charge on any atom is -0.496 e. The summed E-state index contributed by atoms with van der Waals surface area (Å²) in [4.78, 5) is 16.0. The lowest BCUT2D eigenvalue weighted by atomic mass is 10.1. The van der Waals surface area contributed by atoms with Crippen LogP contribution >= 0.6 is 0 Å². The van der Waals surface area contributed by atoms with Gasteiger partial charge in [-0.25, -0.2) is 4.99 Å². The van der Waals surface area contributed by atoms with Crippen LogP contribution in [0, 0.1) is 6.92 Å². The molecule has 0 unspecified atom stereocenters. The Bertz CT molecular complexity index is 515. The molecule has 0 radical (unpaired) electrons. The maximum Gasteiger partial charge on any atom is 0.239 e. The van der Waals surface area contributed by atoms with Crippen LogP contribution in [0.3, 0.4) is 0 Å². The van der Waals surface area contributed by atoms with Gasteiger partial charge in [0.2, 0.25) is 5.91 Å². The summed E-state index contributed by atoms with van der Waals surface area (Å²) in [6, 6.07) is 6.02. The van der Waals surface area contributed by atoms with E-state index in [-0.39, 0.29) is 12.5 Å². The second-order valence-electron chi connectivity index (χ2n) is 4.82. The number of methoxy groups -OCH3 is 1. The summed E-state index contributed by atoms with van der Waals surface area (Å²) in [6.45, 7) is 7.92. The number of hydrogen-bond acceptors (Lipinski definition) is 3. The summed E-state index contributed by atoms with van der Waals surface area (Å²) in [5.41, 5.74) is 2.15. The monoisotopic (exact) mass is 306 g/mol. The van der Waals surface area contributed by atoms with Gasteiger partial charge in [0.15, 0.2) is 5.96 Å². The molecule has 0 bridgehead atoms. The third-order valence-corrected chi connectivity index (χ3v) is 2.98. The van der Waals surface area contributed by atoms with Crippen LogP contribution in [-0.2, 0) is 11.3 Å². The van der Waals surface area contributed by atoms with Gasteiger partial charge in [0.05, 0.1) is 20.2 Å². The molecule has 22 heavy (non-hydrogen) atoms. The Morgan fingerprint density at radius 3 is 2.55 bits per heavy atom. The standard InChI is InChI=1S/C16H26N4O2/c1-5-17-15(21)11-20-16(18-6-2)19-10-13-8-7-12(3)9-14(13)22-4/h7-9H,5-6,10-11H2,1-4H3,(H,17,21)(H2,18,19,20). The van der Waals surface area contributed by atoms with Crippen molar-refractivity contribution in [3.05, 3.63) is 29.3 Å².